The molecule has 16 heavy (non-hydrogen) atoms. The Labute approximate surface area is 104 Å². The zero-order valence-electron chi connectivity index (χ0n) is 8.69. The summed E-state index contributed by atoms with van der Waals surface area (Å²) in [5.41, 5.74) is 3.95. The second kappa shape index (κ2) is 5.46. The number of nitrogens with one attached hydrogen (secondary N) is 1. The van der Waals surface area contributed by atoms with Gasteiger partial charge >= 0.3 is 0 Å². The van der Waals surface area contributed by atoms with E-state index in [-0.39, 0.29) is 6.04 Å². The van der Waals surface area contributed by atoms with Crippen molar-refractivity contribution in [3.05, 3.63) is 57.2 Å². The molecule has 0 bridgehead atoms. The fourth-order valence-electron chi connectivity index (χ4n) is 1.63. The molecule has 0 aliphatic heterocycles. The Morgan fingerprint density at radius 3 is 2.81 bits per heavy atom. The predicted molar refractivity (Wildman–Crippen MR) is 69.5 cm³/mol. The number of hydrazine groups is 1. The maximum atomic E-state index is 5.96. The van der Waals surface area contributed by atoms with Gasteiger partial charge in [-0.3, -0.25) is 11.3 Å². The summed E-state index contributed by atoms with van der Waals surface area (Å²) in [6, 6.07) is 12.0. The second-order valence-electron chi connectivity index (χ2n) is 3.56. The first kappa shape index (κ1) is 11.6. The van der Waals surface area contributed by atoms with Gasteiger partial charge in [0.2, 0.25) is 0 Å². The van der Waals surface area contributed by atoms with Gasteiger partial charge in [0.25, 0.3) is 0 Å². The van der Waals surface area contributed by atoms with Gasteiger partial charge in [0.05, 0.1) is 6.04 Å². The maximum absolute atomic E-state index is 5.96. The first-order valence-electron chi connectivity index (χ1n) is 5.03. The number of benzene rings is 1. The molecule has 0 saturated carbocycles. The van der Waals surface area contributed by atoms with E-state index in [0.717, 1.165) is 17.0 Å². The highest BCUT2D eigenvalue weighted by Crippen LogP contribution is 2.22. The summed E-state index contributed by atoms with van der Waals surface area (Å²) < 4.78 is 0. The SMILES string of the molecule is NNC(Cc1cccs1)c1cccc(Cl)c1. The number of thiophene rings is 1. The molecule has 4 heteroatoms. The summed E-state index contributed by atoms with van der Waals surface area (Å²) in [5.74, 6) is 5.58. The van der Waals surface area contributed by atoms with Crippen molar-refractivity contribution in [3.8, 4) is 0 Å². The maximum Gasteiger partial charge on any atom is 0.0508 e. The minimum atomic E-state index is 0.109. The van der Waals surface area contributed by atoms with Crippen LogP contribution in [0.5, 0.6) is 0 Å². The molecule has 1 heterocycles. The van der Waals surface area contributed by atoms with E-state index in [1.165, 1.54) is 4.88 Å². The van der Waals surface area contributed by atoms with Gasteiger partial charge in [-0.2, -0.15) is 0 Å². The Morgan fingerprint density at radius 2 is 2.19 bits per heavy atom. The highest BCUT2D eigenvalue weighted by atomic mass is 35.5. The topological polar surface area (TPSA) is 38.0 Å². The van der Waals surface area contributed by atoms with E-state index in [9.17, 15) is 0 Å². The third kappa shape index (κ3) is 2.83. The number of rotatable bonds is 4. The largest absolute Gasteiger partial charge is 0.271 e. The molecule has 1 aromatic carbocycles. The first-order valence-corrected chi connectivity index (χ1v) is 6.29. The van der Waals surface area contributed by atoms with Gasteiger partial charge in [-0.25, -0.2) is 0 Å². The molecule has 2 aromatic rings. The molecule has 2 nitrogen and oxygen atoms in total. The fourth-order valence-corrected chi connectivity index (χ4v) is 2.58. The summed E-state index contributed by atoms with van der Waals surface area (Å²) >= 11 is 7.70. The molecule has 84 valence electrons. The van der Waals surface area contributed by atoms with Crippen molar-refractivity contribution >= 4 is 22.9 Å². The van der Waals surface area contributed by atoms with Gasteiger partial charge in [-0.05, 0) is 29.1 Å². The standard InChI is InChI=1S/C12H13ClN2S/c13-10-4-1-3-9(7-10)12(15-14)8-11-5-2-6-16-11/h1-7,12,15H,8,14H2. The van der Waals surface area contributed by atoms with Crippen LogP contribution in [0.25, 0.3) is 0 Å². The second-order valence-corrected chi connectivity index (χ2v) is 5.03. The molecule has 3 N–H and O–H groups in total. The van der Waals surface area contributed by atoms with Crippen molar-refractivity contribution in [1.82, 2.24) is 5.43 Å². The van der Waals surface area contributed by atoms with Crippen LogP contribution in [0.2, 0.25) is 5.02 Å². The van der Waals surface area contributed by atoms with E-state index in [0.29, 0.717) is 0 Å². The van der Waals surface area contributed by atoms with Crippen LogP contribution in [-0.4, -0.2) is 0 Å². The monoisotopic (exact) mass is 252 g/mol. The summed E-state index contributed by atoms with van der Waals surface area (Å²) in [6.45, 7) is 0. The van der Waals surface area contributed by atoms with Crippen molar-refractivity contribution in [1.29, 1.82) is 0 Å². The molecule has 1 unspecified atom stereocenters. The van der Waals surface area contributed by atoms with E-state index < -0.39 is 0 Å². The number of nitrogens with two attached hydrogens (primary N) is 1. The summed E-state index contributed by atoms with van der Waals surface area (Å²) in [4.78, 5) is 1.31. The molecule has 0 aliphatic carbocycles. The van der Waals surface area contributed by atoms with Crippen molar-refractivity contribution in [2.24, 2.45) is 5.84 Å². The quantitative estimate of drug-likeness (QED) is 0.648. The molecule has 0 spiro atoms. The van der Waals surface area contributed by atoms with E-state index in [1.807, 2.05) is 30.3 Å². The lowest BCUT2D eigenvalue weighted by Crippen LogP contribution is -2.29. The average molecular weight is 253 g/mol. The van der Waals surface area contributed by atoms with Crippen LogP contribution < -0.4 is 11.3 Å². The van der Waals surface area contributed by atoms with Crippen molar-refractivity contribution in [2.75, 3.05) is 0 Å². The molecule has 2 rings (SSSR count). The Morgan fingerprint density at radius 1 is 1.31 bits per heavy atom. The van der Waals surface area contributed by atoms with Crippen LogP contribution in [0.4, 0.5) is 0 Å². The molecule has 0 radical (unpaired) electrons. The van der Waals surface area contributed by atoms with E-state index in [2.05, 4.69) is 16.9 Å². The minimum Gasteiger partial charge on any atom is -0.271 e. The van der Waals surface area contributed by atoms with Crippen LogP contribution in [0, 0.1) is 0 Å². The lowest BCUT2D eigenvalue weighted by atomic mass is 10.0. The summed E-state index contributed by atoms with van der Waals surface area (Å²) in [6.07, 6.45) is 0.883. The van der Waals surface area contributed by atoms with Gasteiger partial charge < -0.3 is 0 Å². The minimum absolute atomic E-state index is 0.109. The van der Waals surface area contributed by atoms with Crippen LogP contribution in [0.15, 0.2) is 41.8 Å². The molecular weight excluding hydrogens is 240 g/mol. The normalized spacial score (nSPS) is 12.6. The van der Waals surface area contributed by atoms with Gasteiger partial charge in [-0.15, -0.1) is 11.3 Å². The van der Waals surface area contributed by atoms with Gasteiger partial charge in [-0.1, -0.05) is 29.8 Å². The van der Waals surface area contributed by atoms with E-state index >= 15 is 0 Å². The Balaban J connectivity index is 2.16. The third-order valence-electron chi connectivity index (χ3n) is 2.44. The fraction of sp³-hybridized carbons (Fsp3) is 0.167. The van der Waals surface area contributed by atoms with Gasteiger partial charge in [0, 0.05) is 16.3 Å². The summed E-state index contributed by atoms with van der Waals surface area (Å²) in [5, 5.41) is 2.81. The van der Waals surface area contributed by atoms with Gasteiger partial charge in [0.1, 0.15) is 0 Å². The lowest BCUT2D eigenvalue weighted by molar-refractivity contribution is 0.555. The highest BCUT2D eigenvalue weighted by molar-refractivity contribution is 7.09. The summed E-state index contributed by atoms with van der Waals surface area (Å²) in [7, 11) is 0. The Kier molecular flexibility index (Phi) is 3.96. The first-order chi connectivity index (χ1) is 7.79. The predicted octanol–water partition coefficient (Wildman–Crippen LogP) is 3.15. The molecule has 0 fully saturated rings. The molecule has 0 amide bonds. The van der Waals surface area contributed by atoms with Crippen LogP contribution in [0.3, 0.4) is 0 Å². The zero-order valence-corrected chi connectivity index (χ0v) is 10.3. The molecular formula is C12H13ClN2S. The highest BCUT2D eigenvalue weighted by Gasteiger charge is 2.11. The van der Waals surface area contributed by atoms with Gasteiger partial charge in [0.15, 0.2) is 0 Å². The third-order valence-corrected chi connectivity index (χ3v) is 3.57. The van der Waals surface area contributed by atoms with Crippen molar-refractivity contribution < 1.29 is 0 Å². The smallest absolute Gasteiger partial charge is 0.0508 e. The Hall–Kier alpha value is -0.870. The zero-order chi connectivity index (χ0) is 11.4. The van der Waals surface area contributed by atoms with E-state index in [1.54, 1.807) is 11.3 Å². The van der Waals surface area contributed by atoms with Crippen LogP contribution in [-0.2, 0) is 6.42 Å². The Bertz CT molecular complexity index is 442. The van der Waals surface area contributed by atoms with Crippen LogP contribution >= 0.6 is 22.9 Å². The average Bonchev–Trinajstić information content (AvgIpc) is 2.78. The molecule has 0 saturated heterocycles. The molecule has 1 atom stereocenters. The van der Waals surface area contributed by atoms with Crippen molar-refractivity contribution in [2.45, 2.75) is 12.5 Å². The number of hydrogen-bond acceptors (Lipinski definition) is 3. The van der Waals surface area contributed by atoms with Crippen molar-refractivity contribution in [3.63, 3.8) is 0 Å². The van der Waals surface area contributed by atoms with Crippen LogP contribution in [0.1, 0.15) is 16.5 Å². The number of halogens is 1. The number of hydrogen-bond donors (Lipinski definition) is 2. The molecule has 1 aromatic heterocycles. The molecule has 0 aliphatic rings. The lowest BCUT2D eigenvalue weighted by Gasteiger charge is -2.15. The van der Waals surface area contributed by atoms with E-state index in [4.69, 9.17) is 17.4 Å².